The van der Waals surface area contributed by atoms with Crippen molar-refractivity contribution in [2.24, 2.45) is 5.92 Å². The largest absolute Gasteiger partial charge is 0.494 e. The molecule has 0 amide bonds. The third kappa shape index (κ3) is 5.48. The van der Waals surface area contributed by atoms with E-state index in [1.165, 1.54) is 24.6 Å². The highest BCUT2D eigenvalue weighted by Crippen LogP contribution is 2.21. The summed E-state index contributed by atoms with van der Waals surface area (Å²) < 4.78 is 5.81. The van der Waals surface area contributed by atoms with Gasteiger partial charge in [0.05, 0.1) is 12.5 Å². The standard InChI is InChI=1S/C21H26O3/c1-16(22)21(17(2)23)11-5-3-4-8-14-24-20-13-12-18-9-6-7-10-19(18)15-20/h6-7,9-10,12-13,15,21H,3-5,8,11,14H2,1-2H3. The molecule has 0 fully saturated rings. The van der Waals surface area contributed by atoms with Crippen LogP contribution in [0.1, 0.15) is 46.0 Å². The van der Waals surface area contributed by atoms with E-state index in [0.29, 0.717) is 13.0 Å². The zero-order chi connectivity index (χ0) is 17.4. The Morgan fingerprint density at radius 2 is 1.54 bits per heavy atom. The molecule has 0 bridgehead atoms. The van der Waals surface area contributed by atoms with E-state index in [-0.39, 0.29) is 11.6 Å². The molecule has 3 nitrogen and oxygen atoms in total. The summed E-state index contributed by atoms with van der Waals surface area (Å²) in [5.41, 5.74) is 0. The molecule has 0 aliphatic heterocycles. The minimum atomic E-state index is -0.404. The summed E-state index contributed by atoms with van der Waals surface area (Å²) in [4.78, 5) is 22.7. The number of hydrogen-bond donors (Lipinski definition) is 0. The summed E-state index contributed by atoms with van der Waals surface area (Å²) in [6, 6.07) is 14.4. The minimum absolute atomic E-state index is 0.0119. The number of ketones is 2. The Morgan fingerprint density at radius 1 is 0.875 bits per heavy atom. The first kappa shape index (κ1) is 18.2. The van der Waals surface area contributed by atoms with Gasteiger partial charge >= 0.3 is 0 Å². The van der Waals surface area contributed by atoms with Crippen LogP contribution in [-0.4, -0.2) is 18.2 Å². The molecule has 3 heteroatoms. The van der Waals surface area contributed by atoms with Crippen LogP contribution in [0.3, 0.4) is 0 Å². The summed E-state index contributed by atoms with van der Waals surface area (Å²) >= 11 is 0. The van der Waals surface area contributed by atoms with Crippen LogP contribution in [0, 0.1) is 5.92 Å². The van der Waals surface area contributed by atoms with Crippen LogP contribution < -0.4 is 4.74 Å². The second kappa shape index (κ2) is 9.21. The zero-order valence-electron chi connectivity index (χ0n) is 14.6. The van der Waals surface area contributed by atoms with Crippen molar-refractivity contribution < 1.29 is 14.3 Å². The highest BCUT2D eigenvalue weighted by atomic mass is 16.5. The van der Waals surface area contributed by atoms with Crippen LogP contribution in [0.5, 0.6) is 5.75 Å². The lowest BCUT2D eigenvalue weighted by Gasteiger charge is -2.10. The van der Waals surface area contributed by atoms with Crippen molar-refractivity contribution in [3.63, 3.8) is 0 Å². The van der Waals surface area contributed by atoms with Gasteiger partial charge in [-0.3, -0.25) is 9.59 Å². The number of fused-ring (bicyclic) bond motifs is 1. The van der Waals surface area contributed by atoms with Gasteiger partial charge < -0.3 is 4.74 Å². The van der Waals surface area contributed by atoms with E-state index in [1.54, 1.807) is 0 Å². The van der Waals surface area contributed by atoms with E-state index >= 15 is 0 Å². The summed E-state index contributed by atoms with van der Waals surface area (Å²) in [5.74, 6) is 0.477. The van der Waals surface area contributed by atoms with Gasteiger partial charge in [-0.25, -0.2) is 0 Å². The molecule has 0 aliphatic carbocycles. The van der Waals surface area contributed by atoms with Crippen molar-refractivity contribution in [3.05, 3.63) is 42.5 Å². The second-order valence-corrected chi connectivity index (χ2v) is 6.33. The zero-order valence-corrected chi connectivity index (χ0v) is 14.6. The normalized spacial score (nSPS) is 11.0. The summed E-state index contributed by atoms with van der Waals surface area (Å²) in [6.07, 6.45) is 4.65. The maximum atomic E-state index is 11.4. The van der Waals surface area contributed by atoms with E-state index in [2.05, 4.69) is 24.3 Å². The quantitative estimate of drug-likeness (QED) is 0.457. The van der Waals surface area contributed by atoms with E-state index < -0.39 is 5.92 Å². The molecule has 24 heavy (non-hydrogen) atoms. The number of rotatable bonds is 10. The van der Waals surface area contributed by atoms with Crippen LogP contribution in [0.15, 0.2) is 42.5 Å². The molecule has 2 rings (SSSR count). The monoisotopic (exact) mass is 326 g/mol. The third-order valence-corrected chi connectivity index (χ3v) is 4.36. The highest BCUT2D eigenvalue weighted by molar-refractivity contribution is 6.00. The molecule has 0 unspecified atom stereocenters. The fourth-order valence-corrected chi connectivity index (χ4v) is 2.94. The Kier molecular flexibility index (Phi) is 6.98. The molecule has 0 aromatic heterocycles. The molecular weight excluding hydrogens is 300 g/mol. The predicted octanol–water partition coefficient (Wildman–Crippen LogP) is 4.96. The van der Waals surface area contributed by atoms with Crippen LogP contribution in [0.25, 0.3) is 10.8 Å². The summed E-state index contributed by atoms with van der Waals surface area (Å²) in [5, 5.41) is 2.41. The first-order chi connectivity index (χ1) is 11.6. The number of benzene rings is 2. The molecule has 0 saturated carbocycles. The summed E-state index contributed by atoms with van der Waals surface area (Å²) in [6.45, 7) is 3.70. The van der Waals surface area contributed by atoms with Gasteiger partial charge in [-0.2, -0.15) is 0 Å². The molecule has 2 aromatic carbocycles. The SMILES string of the molecule is CC(=O)C(CCCCCCOc1ccc2ccccc2c1)C(C)=O. The number of ether oxygens (including phenoxy) is 1. The topological polar surface area (TPSA) is 43.4 Å². The fourth-order valence-electron chi connectivity index (χ4n) is 2.94. The van der Waals surface area contributed by atoms with Crippen molar-refractivity contribution in [2.45, 2.75) is 46.0 Å². The lowest BCUT2D eigenvalue weighted by molar-refractivity contribution is -0.130. The Bertz CT molecular complexity index is 676. The third-order valence-electron chi connectivity index (χ3n) is 4.36. The van der Waals surface area contributed by atoms with Crippen LogP contribution >= 0.6 is 0 Å². The maximum absolute atomic E-state index is 11.4. The summed E-state index contributed by atoms with van der Waals surface area (Å²) in [7, 11) is 0. The van der Waals surface area contributed by atoms with E-state index in [1.807, 2.05) is 18.2 Å². The Labute approximate surface area is 144 Å². The first-order valence-electron chi connectivity index (χ1n) is 8.70. The van der Waals surface area contributed by atoms with Crippen molar-refractivity contribution in [1.29, 1.82) is 0 Å². The van der Waals surface area contributed by atoms with Crippen molar-refractivity contribution in [2.75, 3.05) is 6.61 Å². The molecule has 2 aromatic rings. The predicted molar refractivity (Wildman–Crippen MR) is 97.4 cm³/mol. The lowest BCUT2D eigenvalue weighted by Crippen LogP contribution is -2.19. The number of Topliss-reactive ketones (excluding diaryl/α,β-unsaturated/α-hetero) is 2. The highest BCUT2D eigenvalue weighted by Gasteiger charge is 2.18. The van der Waals surface area contributed by atoms with E-state index in [9.17, 15) is 9.59 Å². The molecule has 128 valence electrons. The van der Waals surface area contributed by atoms with Gasteiger partial charge in [-0.05, 0) is 49.6 Å². The smallest absolute Gasteiger partial charge is 0.140 e. The lowest BCUT2D eigenvalue weighted by atomic mass is 9.94. The average molecular weight is 326 g/mol. The molecule has 0 N–H and O–H groups in total. The Hall–Kier alpha value is -2.16. The van der Waals surface area contributed by atoms with Gasteiger partial charge in [0.15, 0.2) is 0 Å². The number of carbonyl (C=O) groups excluding carboxylic acids is 2. The molecular formula is C21H26O3. The maximum Gasteiger partial charge on any atom is 0.140 e. The molecule has 0 saturated heterocycles. The Balaban J connectivity index is 1.64. The molecule has 0 atom stereocenters. The average Bonchev–Trinajstić information content (AvgIpc) is 2.56. The number of carbonyl (C=O) groups is 2. The van der Waals surface area contributed by atoms with Gasteiger partial charge in [-0.15, -0.1) is 0 Å². The second-order valence-electron chi connectivity index (χ2n) is 6.33. The van der Waals surface area contributed by atoms with Crippen molar-refractivity contribution in [1.82, 2.24) is 0 Å². The van der Waals surface area contributed by atoms with E-state index in [4.69, 9.17) is 4.74 Å². The van der Waals surface area contributed by atoms with Crippen LogP contribution in [0.4, 0.5) is 0 Å². The molecule has 0 radical (unpaired) electrons. The van der Waals surface area contributed by atoms with Gasteiger partial charge in [0.2, 0.25) is 0 Å². The van der Waals surface area contributed by atoms with E-state index in [0.717, 1.165) is 31.4 Å². The van der Waals surface area contributed by atoms with Gasteiger partial charge in [0.25, 0.3) is 0 Å². The number of hydrogen-bond acceptors (Lipinski definition) is 3. The van der Waals surface area contributed by atoms with Crippen molar-refractivity contribution in [3.8, 4) is 5.75 Å². The minimum Gasteiger partial charge on any atom is -0.494 e. The van der Waals surface area contributed by atoms with Gasteiger partial charge in [0.1, 0.15) is 17.3 Å². The van der Waals surface area contributed by atoms with Gasteiger partial charge in [-0.1, -0.05) is 49.6 Å². The van der Waals surface area contributed by atoms with Gasteiger partial charge in [0, 0.05) is 0 Å². The molecule has 0 heterocycles. The Morgan fingerprint density at radius 3 is 2.25 bits per heavy atom. The van der Waals surface area contributed by atoms with Crippen LogP contribution in [0.2, 0.25) is 0 Å². The first-order valence-corrected chi connectivity index (χ1v) is 8.70. The van der Waals surface area contributed by atoms with Crippen LogP contribution in [-0.2, 0) is 9.59 Å². The van der Waals surface area contributed by atoms with Crippen molar-refractivity contribution >= 4 is 22.3 Å². The number of unbranched alkanes of at least 4 members (excludes halogenated alkanes) is 3. The molecule has 0 spiro atoms. The molecule has 0 aliphatic rings. The fraction of sp³-hybridized carbons (Fsp3) is 0.429.